The molecule has 0 radical (unpaired) electrons. The van der Waals surface area contributed by atoms with Crippen LogP contribution in [0.2, 0.25) is 0 Å². The van der Waals surface area contributed by atoms with Crippen LogP contribution in [0.25, 0.3) is 11.3 Å². The number of anilines is 3. The number of nitro groups is 1. The highest BCUT2D eigenvalue weighted by atomic mass is 16.6. The molecule has 5 N–H and O–H groups in total. The first-order valence-electron chi connectivity index (χ1n) is 8.74. The maximum absolute atomic E-state index is 11.5. The molecular weight excluding hydrogens is 406 g/mol. The molecule has 0 aliphatic heterocycles. The Morgan fingerprint density at radius 2 is 1.74 bits per heavy atom. The second kappa shape index (κ2) is 9.09. The molecule has 0 aliphatic carbocycles. The van der Waals surface area contributed by atoms with Crippen molar-refractivity contribution in [1.82, 2.24) is 19.9 Å². The summed E-state index contributed by atoms with van der Waals surface area (Å²) in [7, 11) is 0. The van der Waals surface area contributed by atoms with Crippen molar-refractivity contribution in [3.8, 4) is 17.3 Å². The van der Waals surface area contributed by atoms with Crippen molar-refractivity contribution in [3.63, 3.8) is 0 Å². The molecule has 156 valence electrons. The molecule has 0 amide bonds. The zero-order chi connectivity index (χ0) is 22.4. The molecule has 2 heterocycles. The molecule has 2 aromatic heterocycles. The molecule has 0 bridgehead atoms. The zero-order valence-electron chi connectivity index (χ0n) is 15.8. The van der Waals surface area contributed by atoms with Crippen LogP contribution in [0.5, 0.6) is 0 Å². The number of nitrogens with one attached hydrogen (secondary N) is 2. The lowest BCUT2D eigenvalue weighted by atomic mass is 10.1. The standard InChI is InChI=1S/C18H15N9O4/c19-7-10-1-3-11(4-2-10)14-12(16(28)29)8-23-17(25-14)21-5-6-22-18-24-9-13(27(30)31)15(20)26-18/h1-4,8-9H,5-6H2,(H,28,29)(H,21,23,25)(H3,20,22,24,26). The van der Waals surface area contributed by atoms with Gasteiger partial charge in [0.2, 0.25) is 17.7 Å². The number of carboxylic acids is 1. The first-order chi connectivity index (χ1) is 14.9. The number of rotatable bonds is 8. The summed E-state index contributed by atoms with van der Waals surface area (Å²) in [5.41, 5.74) is 6.21. The topological polar surface area (TPSA) is 206 Å². The number of carbonyl (C=O) groups is 1. The fourth-order valence-corrected chi connectivity index (χ4v) is 2.51. The van der Waals surface area contributed by atoms with E-state index < -0.39 is 10.9 Å². The van der Waals surface area contributed by atoms with E-state index in [-0.39, 0.29) is 34.7 Å². The molecule has 0 spiro atoms. The van der Waals surface area contributed by atoms with Gasteiger partial charge in [0.15, 0.2) is 0 Å². The zero-order valence-corrected chi connectivity index (χ0v) is 15.8. The minimum Gasteiger partial charge on any atom is -0.478 e. The highest BCUT2D eigenvalue weighted by molar-refractivity contribution is 5.94. The Kier molecular flexibility index (Phi) is 6.12. The van der Waals surface area contributed by atoms with Gasteiger partial charge >= 0.3 is 11.7 Å². The van der Waals surface area contributed by atoms with Crippen molar-refractivity contribution in [1.29, 1.82) is 5.26 Å². The van der Waals surface area contributed by atoms with Gasteiger partial charge in [0.1, 0.15) is 11.8 Å². The Labute approximate surface area is 174 Å². The van der Waals surface area contributed by atoms with Gasteiger partial charge < -0.3 is 21.5 Å². The molecule has 3 rings (SSSR count). The molecule has 31 heavy (non-hydrogen) atoms. The molecule has 1 aromatic carbocycles. The van der Waals surface area contributed by atoms with E-state index in [1.165, 1.54) is 6.20 Å². The summed E-state index contributed by atoms with van der Waals surface area (Å²) >= 11 is 0. The monoisotopic (exact) mass is 421 g/mol. The smallest absolute Gasteiger partial charge is 0.339 e. The van der Waals surface area contributed by atoms with Crippen molar-refractivity contribution in [2.24, 2.45) is 0 Å². The van der Waals surface area contributed by atoms with E-state index in [4.69, 9.17) is 11.0 Å². The summed E-state index contributed by atoms with van der Waals surface area (Å²) in [5.74, 6) is -1.13. The molecule has 0 atom stereocenters. The third kappa shape index (κ3) is 4.95. The number of nitriles is 1. The second-order valence-corrected chi connectivity index (χ2v) is 6.02. The number of hydrogen-bond acceptors (Lipinski definition) is 11. The highest BCUT2D eigenvalue weighted by Gasteiger charge is 2.16. The van der Waals surface area contributed by atoms with E-state index in [0.717, 1.165) is 6.20 Å². The summed E-state index contributed by atoms with van der Waals surface area (Å²) < 4.78 is 0. The van der Waals surface area contributed by atoms with Gasteiger partial charge in [-0.25, -0.2) is 19.7 Å². The lowest BCUT2D eigenvalue weighted by molar-refractivity contribution is -0.384. The van der Waals surface area contributed by atoms with Crippen LogP contribution >= 0.6 is 0 Å². The predicted molar refractivity (Wildman–Crippen MR) is 109 cm³/mol. The van der Waals surface area contributed by atoms with Crippen molar-refractivity contribution in [3.05, 3.63) is 57.9 Å². The molecule has 13 heteroatoms. The first kappa shape index (κ1) is 20.9. The number of hydrogen-bond donors (Lipinski definition) is 4. The Hall–Kier alpha value is -4.86. The summed E-state index contributed by atoms with van der Waals surface area (Å²) in [6, 6.07) is 8.34. The minimum absolute atomic E-state index is 0.0804. The average molecular weight is 421 g/mol. The van der Waals surface area contributed by atoms with Gasteiger partial charge in [-0.1, -0.05) is 12.1 Å². The quantitative estimate of drug-likeness (QED) is 0.232. The molecular formula is C18H15N9O4. The first-order valence-corrected chi connectivity index (χ1v) is 8.74. The lowest BCUT2D eigenvalue weighted by Crippen LogP contribution is -2.17. The molecule has 0 saturated heterocycles. The largest absolute Gasteiger partial charge is 0.478 e. The minimum atomic E-state index is -1.18. The molecule has 0 fully saturated rings. The maximum Gasteiger partial charge on any atom is 0.339 e. The van der Waals surface area contributed by atoms with Crippen LogP contribution in [0.4, 0.5) is 23.4 Å². The fourth-order valence-electron chi connectivity index (χ4n) is 2.51. The van der Waals surface area contributed by atoms with Crippen LogP contribution in [0.3, 0.4) is 0 Å². The van der Waals surface area contributed by atoms with Gasteiger partial charge in [-0.15, -0.1) is 0 Å². The number of aromatic nitrogens is 4. The van der Waals surface area contributed by atoms with E-state index in [0.29, 0.717) is 24.2 Å². The number of nitrogens with zero attached hydrogens (tertiary/aromatic N) is 6. The third-order valence-corrected chi connectivity index (χ3v) is 3.99. The molecule has 13 nitrogen and oxygen atoms in total. The predicted octanol–water partition coefficient (Wildman–Crippen LogP) is 1.52. The molecule has 3 aromatic rings. The second-order valence-electron chi connectivity index (χ2n) is 6.02. The maximum atomic E-state index is 11.5. The van der Waals surface area contributed by atoms with E-state index >= 15 is 0 Å². The fraction of sp³-hybridized carbons (Fsp3) is 0.111. The van der Waals surface area contributed by atoms with Crippen molar-refractivity contribution in [2.45, 2.75) is 0 Å². The average Bonchev–Trinajstić information content (AvgIpc) is 2.76. The van der Waals surface area contributed by atoms with Gasteiger partial charge in [-0.3, -0.25) is 10.1 Å². The number of benzene rings is 1. The normalized spacial score (nSPS) is 10.2. The van der Waals surface area contributed by atoms with E-state index in [2.05, 4.69) is 30.6 Å². The van der Waals surface area contributed by atoms with E-state index in [1.54, 1.807) is 24.3 Å². The van der Waals surface area contributed by atoms with Crippen LogP contribution < -0.4 is 16.4 Å². The number of aromatic carboxylic acids is 1. The summed E-state index contributed by atoms with van der Waals surface area (Å²) in [6.07, 6.45) is 2.20. The number of nitrogens with two attached hydrogens (primary N) is 1. The van der Waals surface area contributed by atoms with Gasteiger partial charge in [0.05, 0.1) is 22.2 Å². The number of carboxylic acid groups (broad SMARTS) is 1. The van der Waals surface area contributed by atoms with Crippen LogP contribution in [0.15, 0.2) is 36.7 Å². The molecule has 0 saturated carbocycles. The number of nitrogen functional groups attached to an aromatic ring is 1. The van der Waals surface area contributed by atoms with E-state index in [1.807, 2.05) is 6.07 Å². The Balaban J connectivity index is 1.68. The van der Waals surface area contributed by atoms with Gasteiger partial charge in [-0.05, 0) is 12.1 Å². The molecule has 0 aliphatic rings. The third-order valence-electron chi connectivity index (χ3n) is 3.99. The van der Waals surface area contributed by atoms with Crippen LogP contribution in [0.1, 0.15) is 15.9 Å². The Morgan fingerprint density at radius 1 is 1.13 bits per heavy atom. The van der Waals surface area contributed by atoms with Crippen molar-refractivity contribution < 1.29 is 14.8 Å². The SMILES string of the molecule is N#Cc1ccc(-c2nc(NCCNc3ncc([N+](=O)[O-])c(N)n3)ncc2C(=O)O)cc1. The highest BCUT2D eigenvalue weighted by Crippen LogP contribution is 2.23. The van der Waals surface area contributed by atoms with Gasteiger partial charge in [-0.2, -0.15) is 10.2 Å². The summed E-state index contributed by atoms with van der Waals surface area (Å²) in [6.45, 7) is 0.604. The summed E-state index contributed by atoms with van der Waals surface area (Å²) in [4.78, 5) is 37.5. The van der Waals surface area contributed by atoms with Crippen molar-refractivity contribution in [2.75, 3.05) is 29.5 Å². The Bertz CT molecular complexity index is 1180. The lowest BCUT2D eigenvalue weighted by Gasteiger charge is -2.10. The van der Waals surface area contributed by atoms with Gasteiger partial charge in [0.25, 0.3) is 0 Å². The van der Waals surface area contributed by atoms with Crippen LogP contribution in [-0.2, 0) is 0 Å². The Morgan fingerprint density at radius 3 is 2.29 bits per heavy atom. The van der Waals surface area contributed by atoms with Gasteiger partial charge in [0, 0.05) is 24.8 Å². The molecule has 0 unspecified atom stereocenters. The summed E-state index contributed by atoms with van der Waals surface area (Å²) in [5, 5.41) is 34.8. The van der Waals surface area contributed by atoms with Crippen LogP contribution in [-0.4, -0.2) is 49.0 Å². The van der Waals surface area contributed by atoms with Crippen LogP contribution in [0, 0.1) is 21.4 Å². The van der Waals surface area contributed by atoms with E-state index in [9.17, 15) is 20.0 Å². The van der Waals surface area contributed by atoms with Crippen molar-refractivity contribution >= 4 is 29.4 Å².